The Hall–Kier alpha value is -5.47. The van der Waals surface area contributed by atoms with Crippen LogP contribution in [0.1, 0.15) is 141 Å². The van der Waals surface area contributed by atoms with Crippen molar-refractivity contribution in [1.29, 1.82) is 0 Å². The first kappa shape index (κ1) is 64.6. The highest BCUT2D eigenvalue weighted by Gasteiger charge is 2.45. The Balaban J connectivity index is 1.88. The Morgan fingerprint density at radius 2 is 1.05 bits per heavy atom. The molecule has 0 heterocycles. The van der Waals surface area contributed by atoms with E-state index in [0.29, 0.717) is 45.1 Å². The van der Waals surface area contributed by atoms with E-state index < -0.39 is 82.6 Å². The lowest BCUT2D eigenvalue weighted by Crippen LogP contribution is -2.56. The molecule has 0 radical (unpaired) electrons. The number of hydrogen-bond donors (Lipinski definition) is 5. The molecule has 74 heavy (non-hydrogen) atoms. The minimum absolute atomic E-state index is 0.126. The first-order valence-corrected chi connectivity index (χ1v) is 25.3. The monoisotopic (exact) mass is 1050 g/mol. The van der Waals surface area contributed by atoms with Gasteiger partial charge < -0.3 is 59.0 Å². The fraction of sp³-hybridized carbons (Fsp3) is 0.722. The lowest BCUT2D eigenvalue weighted by molar-refractivity contribution is -0.148. The Morgan fingerprint density at radius 1 is 0.635 bits per heavy atom. The summed E-state index contributed by atoms with van der Waals surface area (Å²) in [6.07, 6.45) is 2.61. The number of nitrogens with one attached hydrogen (secondary N) is 4. The van der Waals surface area contributed by atoms with E-state index in [2.05, 4.69) is 82.2 Å². The topological polar surface area (TPSA) is 262 Å². The van der Waals surface area contributed by atoms with Crippen LogP contribution in [0, 0.1) is 21.7 Å². The SMILES string of the molecule is C=CC(=O)OCC(COC(=O)C(=C)C)OC(=O)NCC1(C)CC(NC(=O)OC(C)(C)CCCCOC(C)(C)C(O)NC2CC(C)(C)CC(C)(CNC(=O)OC(COC(=O)C=C)COC(=O)C(=C)C)C2)CC(C)(C)C1. The molecule has 3 amide bonds. The second-order valence-electron chi connectivity index (χ2n) is 23.5. The Bertz CT molecular complexity index is 2000. The minimum atomic E-state index is -1.08. The summed E-state index contributed by atoms with van der Waals surface area (Å²) in [5.74, 6) is -2.82. The van der Waals surface area contributed by atoms with Crippen LogP contribution in [0.15, 0.2) is 49.6 Å². The lowest BCUT2D eigenvalue weighted by atomic mass is 9.62. The zero-order valence-electron chi connectivity index (χ0n) is 46.3. The molecule has 0 saturated heterocycles. The number of aliphatic hydroxyl groups excluding tert-OH is 1. The van der Waals surface area contributed by atoms with Crippen molar-refractivity contribution in [2.24, 2.45) is 21.7 Å². The van der Waals surface area contributed by atoms with Crippen LogP contribution < -0.4 is 21.3 Å². The van der Waals surface area contributed by atoms with Crippen LogP contribution in [0.5, 0.6) is 0 Å². The van der Waals surface area contributed by atoms with Gasteiger partial charge in [-0.3, -0.25) is 5.32 Å². The van der Waals surface area contributed by atoms with Crippen LogP contribution >= 0.6 is 0 Å². The molecule has 20 heteroatoms. The second kappa shape index (κ2) is 28.4. The first-order valence-electron chi connectivity index (χ1n) is 25.3. The normalized spacial score (nSPS) is 22.4. The van der Waals surface area contributed by atoms with E-state index in [1.807, 2.05) is 34.6 Å². The smallest absolute Gasteiger partial charge is 0.407 e. The highest BCUT2D eigenvalue weighted by atomic mass is 16.6. The molecule has 7 unspecified atom stereocenters. The Labute approximate surface area is 438 Å². The van der Waals surface area contributed by atoms with Crippen molar-refractivity contribution in [3.05, 3.63) is 49.6 Å². The molecule has 0 spiro atoms. The highest BCUT2D eigenvalue weighted by molar-refractivity contribution is 5.87. The van der Waals surface area contributed by atoms with Crippen LogP contribution in [0.25, 0.3) is 0 Å². The number of unbranched alkanes of at least 4 members (excludes halogenated alkanes) is 1. The zero-order valence-corrected chi connectivity index (χ0v) is 46.3. The first-order chi connectivity index (χ1) is 34.1. The summed E-state index contributed by atoms with van der Waals surface area (Å²) >= 11 is 0. The molecule has 2 rings (SSSR count). The average molecular weight is 1050 g/mol. The second-order valence-corrected chi connectivity index (χ2v) is 23.5. The number of aliphatic hydroxyl groups is 1. The Kier molecular flexibility index (Phi) is 24.8. The van der Waals surface area contributed by atoms with Crippen molar-refractivity contribution in [2.75, 3.05) is 46.1 Å². The molecule has 0 aromatic heterocycles. The third-order valence-corrected chi connectivity index (χ3v) is 12.8. The van der Waals surface area contributed by atoms with Gasteiger partial charge in [-0.1, -0.05) is 67.9 Å². The summed E-state index contributed by atoms with van der Waals surface area (Å²) in [5, 5.41) is 23.5. The van der Waals surface area contributed by atoms with Crippen LogP contribution in [-0.4, -0.2) is 135 Å². The number of carbonyl (C=O) groups excluding carboxylic acids is 7. The van der Waals surface area contributed by atoms with Crippen molar-refractivity contribution < 1.29 is 76.6 Å². The van der Waals surface area contributed by atoms with Gasteiger partial charge in [0, 0.05) is 55.1 Å². The van der Waals surface area contributed by atoms with E-state index >= 15 is 0 Å². The van der Waals surface area contributed by atoms with Gasteiger partial charge in [0.15, 0.2) is 12.2 Å². The standard InChI is InChI=1S/C54H88N4O16/c1-17-41(59)67-27-39(29-69-43(61)35(3)4)72-46(64)55-33-53(15)25-37(23-49(7,8)31-53)57-45(63)52(13,14)71-22-20-19-21-51(11,12)74-48(66)58-38-24-50(9,10)32-54(16,26-38)34-56-47(65)73-40(28-68-42(60)18-2)30-70-44(62)36(5)6/h17-18,37-40,45,57,63H,1-3,5,19-34H2,4,6-16H3,(H,55,64)(H,56,65)(H,58,66). The maximum absolute atomic E-state index is 13.3. The molecule has 0 bridgehead atoms. The largest absolute Gasteiger partial charge is 0.458 e. The van der Waals surface area contributed by atoms with E-state index in [0.717, 1.165) is 31.4 Å². The third-order valence-electron chi connectivity index (χ3n) is 12.8. The molecular weight excluding hydrogens is 961 g/mol. The molecule has 0 aromatic carbocycles. The van der Waals surface area contributed by atoms with E-state index in [-0.39, 0.29) is 73.6 Å². The van der Waals surface area contributed by atoms with Gasteiger partial charge in [0.2, 0.25) is 0 Å². The van der Waals surface area contributed by atoms with E-state index in [1.165, 1.54) is 13.8 Å². The van der Waals surface area contributed by atoms with Crippen molar-refractivity contribution in [1.82, 2.24) is 21.3 Å². The van der Waals surface area contributed by atoms with E-state index in [4.69, 9.17) is 37.9 Å². The summed E-state index contributed by atoms with van der Waals surface area (Å²) in [6.45, 7) is 36.0. The fourth-order valence-corrected chi connectivity index (χ4v) is 9.99. The predicted molar refractivity (Wildman–Crippen MR) is 276 cm³/mol. The zero-order chi connectivity index (χ0) is 56.3. The maximum Gasteiger partial charge on any atom is 0.407 e. The number of ether oxygens (including phenoxy) is 8. The molecular formula is C54H88N4O16. The molecule has 5 N–H and O–H groups in total. The Morgan fingerprint density at radius 3 is 1.49 bits per heavy atom. The van der Waals surface area contributed by atoms with Gasteiger partial charge >= 0.3 is 42.2 Å². The number of esters is 4. The van der Waals surface area contributed by atoms with Crippen molar-refractivity contribution in [2.45, 2.75) is 183 Å². The summed E-state index contributed by atoms with van der Waals surface area (Å²) in [4.78, 5) is 86.5. The van der Waals surface area contributed by atoms with Crippen molar-refractivity contribution in [3.8, 4) is 0 Å². The van der Waals surface area contributed by atoms with Gasteiger partial charge in [0.25, 0.3) is 0 Å². The fourth-order valence-electron chi connectivity index (χ4n) is 9.99. The molecule has 2 aliphatic rings. The number of amides is 3. The molecule has 420 valence electrons. The van der Waals surface area contributed by atoms with Gasteiger partial charge in [-0.15, -0.1) is 0 Å². The number of rotatable bonds is 29. The van der Waals surface area contributed by atoms with E-state index in [1.54, 1.807) is 0 Å². The van der Waals surface area contributed by atoms with Gasteiger partial charge in [0.05, 0.1) is 0 Å². The molecule has 2 aliphatic carbocycles. The summed E-state index contributed by atoms with van der Waals surface area (Å²) < 4.78 is 43.4. The molecule has 7 atom stereocenters. The highest BCUT2D eigenvalue weighted by Crippen LogP contribution is 2.47. The van der Waals surface area contributed by atoms with Crippen molar-refractivity contribution in [3.63, 3.8) is 0 Å². The average Bonchev–Trinajstić information content (AvgIpc) is 3.26. The minimum Gasteiger partial charge on any atom is -0.458 e. The van der Waals surface area contributed by atoms with Crippen LogP contribution in [0.2, 0.25) is 0 Å². The van der Waals surface area contributed by atoms with Gasteiger partial charge in [-0.25, -0.2) is 33.6 Å². The molecule has 0 aromatic rings. The van der Waals surface area contributed by atoms with Crippen molar-refractivity contribution >= 4 is 42.2 Å². The van der Waals surface area contributed by atoms with E-state index in [9.17, 15) is 38.7 Å². The number of hydrogen-bond acceptors (Lipinski definition) is 17. The number of carbonyl (C=O) groups is 7. The summed E-state index contributed by atoms with van der Waals surface area (Å²) in [6, 6.07) is -0.379. The number of alkyl carbamates (subject to hydrolysis) is 3. The lowest BCUT2D eigenvalue weighted by Gasteiger charge is -2.48. The third kappa shape index (κ3) is 24.7. The summed E-state index contributed by atoms with van der Waals surface area (Å²) in [5.41, 5.74) is -2.66. The quantitative estimate of drug-likeness (QED) is 0.0160. The molecule has 2 saturated carbocycles. The van der Waals surface area contributed by atoms with Crippen LogP contribution in [0.3, 0.4) is 0 Å². The van der Waals surface area contributed by atoms with Gasteiger partial charge in [0.1, 0.15) is 43.9 Å². The molecule has 0 aliphatic heterocycles. The van der Waals surface area contributed by atoms with Crippen LogP contribution in [-0.2, 0) is 57.1 Å². The van der Waals surface area contributed by atoms with Gasteiger partial charge in [-0.2, -0.15) is 0 Å². The summed E-state index contributed by atoms with van der Waals surface area (Å²) in [7, 11) is 0. The predicted octanol–water partition coefficient (Wildman–Crippen LogP) is 7.42. The maximum atomic E-state index is 13.3. The molecule has 20 nitrogen and oxygen atoms in total. The van der Waals surface area contributed by atoms with Gasteiger partial charge in [-0.05, 0) is 121 Å². The van der Waals surface area contributed by atoms with Crippen LogP contribution in [0.4, 0.5) is 14.4 Å². The molecule has 2 fully saturated rings.